The first-order chi connectivity index (χ1) is 15.4. The Labute approximate surface area is 194 Å². The summed E-state index contributed by atoms with van der Waals surface area (Å²) in [5.41, 5.74) is 2.57. The third-order valence-corrected chi connectivity index (χ3v) is 6.80. The Hall–Kier alpha value is -2.58. The van der Waals surface area contributed by atoms with E-state index in [4.69, 9.17) is 4.74 Å². The van der Waals surface area contributed by atoms with Crippen LogP contribution in [0.3, 0.4) is 0 Å². The number of likely N-dealkylation sites (N-methyl/N-ethyl adjacent to an activating group) is 1. The number of rotatable bonds is 11. The second-order valence-corrected chi connectivity index (χ2v) is 10.3. The summed E-state index contributed by atoms with van der Waals surface area (Å²) in [5.74, 6) is 0.782. The van der Waals surface area contributed by atoms with Crippen molar-refractivity contribution in [1.82, 2.24) is 24.8 Å². The zero-order valence-electron chi connectivity index (χ0n) is 19.3. The van der Waals surface area contributed by atoms with E-state index in [9.17, 15) is 0 Å². The van der Waals surface area contributed by atoms with E-state index >= 15 is 0 Å². The summed E-state index contributed by atoms with van der Waals surface area (Å²) in [4.78, 5) is 21.0. The Morgan fingerprint density at radius 3 is 2.72 bits per heavy atom. The van der Waals surface area contributed by atoms with Gasteiger partial charge in [0.05, 0.1) is 16.7 Å². The Morgan fingerprint density at radius 2 is 2.00 bits per heavy atom. The SMILES string of the molecule is CC(CCC1(C)CC1)Oc1nccc(-c2cnc(Nc3ccc(CCN(C)C)cn3)s2)n1. The van der Waals surface area contributed by atoms with Gasteiger partial charge in [0.15, 0.2) is 5.13 Å². The van der Waals surface area contributed by atoms with Gasteiger partial charge >= 0.3 is 6.01 Å². The molecule has 3 aromatic rings. The van der Waals surface area contributed by atoms with Crippen LogP contribution in [0, 0.1) is 5.41 Å². The third-order valence-electron chi connectivity index (χ3n) is 5.86. The molecule has 8 heteroatoms. The Kier molecular flexibility index (Phi) is 7.01. The Balaban J connectivity index is 1.34. The minimum Gasteiger partial charge on any atom is -0.460 e. The van der Waals surface area contributed by atoms with Crippen molar-refractivity contribution < 1.29 is 4.74 Å². The van der Waals surface area contributed by atoms with E-state index in [1.807, 2.05) is 24.5 Å². The molecule has 3 heterocycles. The highest BCUT2D eigenvalue weighted by atomic mass is 32.1. The van der Waals surface area contributed by atoms with E-state index < -0.39 is 0 Å². The highest BCUT2D eigenvalue weighted by Gasteiger charge is 2.36. The van der Waals surface area contributed by atoms with Crippen LogP contribution in [0.4, 0.5) is 10.9 Å². The molecule has 0 saturated heterocycles. The van der Waals surface area contributed by atoms with Crippen LogP contribution in [-0.2, 0) is 6.42 Å². The van der Waals surface area contributed by atoms with E-state index in [1.165, 1.54) is 36.2 Å². The molecule has 170 valence electrons. The number of hydrogen-bond acceptors (Lipinski definition) is 8. The van der Waals surface area contributed by atoms with Gasteiger partial charge in [0, 0.05) is 25.1 Å². The smallest absolute Gasteiger partial charge is 0.317 e. The third kappa shape index (κ3) is 6.46. The van der Waals surface area contributed by atoms with E-state index in [0.717, 1.165) is 40.9 Å². The van der Waals surface area contributed by atoms with Crippen molar-refractivity contribution in [1.29, 1.82) is 0 Å². The fourth-order valence-corrected chi connectivity index (χ4v) is 4.14. The molecule has 3 aromatic heterocycles. The van der Waals surface area contributed by atoms with Gasteiger partial charge in [-0.25, -0.2) is 15.0 Å². The van der Waals surface area contributed by atoms with Crippen LogP contribution >= 0.6 is 11.3 Å². The lowest BCUT2D eigenvalue weighted by Crippen LogP contribution is -2.15. The molecule has 4 rings (SSSR count). The molecule has 1 saturated carbocycles. The summed E-state index contributed by atoms with van der Waals surface area (Å²) in [6, 6.07) is 6.41. The van der Waals surface area contributed by atoms with Crippen molar-refractivity contribution in [3.8, 4) is 16.6 Å². The molecule has 7 nitrogen and oxygen atoms in total. The average Bonchev–Trinajstić information content (AvgIpc) is 3.33. The highest BCUT2D eigenvalue weighted by Crippen LogP contribution is 2.49. The lowest BCUT2D eigenvalue weighted by Gasteiger charge is -2.15. The molecule has 1 unspecified atom stereocenters. The van der Waals surface area contributed by atoms with Crippen molar-refractivity contribution in [2.75, 3.05) is 26.0 Å². The first-order valence-electron chi connectivity index (χ1n) is 11.2. The molecule has 0 spiro atoms. The first-order valence-corrected chi connectivity index (χ1v) is 12.0. The van der Waals surface area contributed by atoms with Gasteiger partial charge in [-0.15, -0.1) is 0 Å². The molecule has 1 aliphatic rings. The molecule has 0 radical (unpaired) electrons. The van der Waals surface area contributed by atoms with Crippen molar-refractivity contribution >= 4 is 22.3 Å². The highest BCUT2D eigenvalue weighted by molar-refractivity contribution is 7.18. The van der Waals surface area contributed by atoms with Crippen LogP contribution in [0.2, 0.25) is 0 Å². The van der Waals surface area contributed by atoms with Crippen molar-refractivity contribution in [3.63, 3.8) is 0 Å². The molecular weight excluding hydrogens is 420 g/mol. The average molecular weight is 453 g/mol. The second kappa shape index (κ2) is 9.92. The van der Waals surface area contributed by atoms with Crippen LogP contribution in [-0.4, -0.2) is 51.6 Å². The van der Waals surface area contributed by atoms with Crippen molar-refractivity contribution in [2.45, 2.75) is 52.1 Å². The van der Waals surface area contributed by atoms with Crippen molar-refractivity contribution in [3.05, 3.63) is 42.4 Å². The van der Waals surface area contributed by atoms with E-state index in [2.05, 4.69) is 64.2 Å². The maximum atomic E-state index is 5.98. The van der Waals surface area contributed by atoms with E-state index in [-0.39, 0.29) is 6.10 Å². The second-order valence-electron chi connectivity index (χ2n) is 9.26. The maximum Gasteiger partial charge on any atom is 0.317 e. The van der Waals surface area contributed by atoms with Crippen LogP contribution in [0.1, 0.15) is 45.1 Å². The van der Waals surface area contributed by atoms with Crippen LogP contribution < -0.4 is 10.1 Å². The summed E-state index contributed by atoms with van der Waals surface area (Å²) in [6.45, 7) is 5.45. The number of hydrogen-bond donors (Lipinski definition) is 1. The van der Waals surface area contributed by atoms with Crippen LogP contribution in [0.15, 0.2) is 36.8 Å². The zero-order chi connectivity index (χ0) is 22.6. The van der Waals surface area contributed by atoms with Crippen LogP contribution in [0.25, 0.3) is 10.6 Å². The molecule has 1 atom stereocenters. The summed E-state index contributed by atoms with van der Waals surface area (Å²) in [7, 11) is 4.15. The molecule has 1 aliphatic carbocycles. The molecule has 1 N–H and O–H groups in total. The Bertz CT molecular complexity index is 1020. The number of anilines is 2. The molecular formula is C24H32N6OS. The van der Waals surface area contributed by atoms with Gasteiger partial charge in [0.1, 0.15) is 5.82 Å². The van der Waals surface area contributed by atoms with Crippen molar-refractivity contribution in [2.24, 2.45) is 5.41 Å². The largest absolute Gasteiger partial charge is 0.460 e. The zero-order valence-corrected chi connectivity index (χ0v) is 20.2. The summed E-state index contributed by atoms with van der Waals surface area (Å²) in [6.07, 6.45) is 11.5. The summed E-state index contributed by atoms with van der Waals surface area (Å²) < 4.78 is 5.98. The minimum absolute atomic E-state index is 0.105. The number of nitrogens with one attached hydrogen (secondary N) is 1. The fourth-order valence-electron chi connectivity index (χ4n) is 3.35. The van der Waals surface area contributed by atoms with Gasteiger partial charge < -0.3 is 15.0 Å². The normalized spacial score (nSPS) is 15.5. The van der Waals surface area contributed by atoms with E-state index in [0.29, 0.717) is 11.4 Å². The molecule has 0 bridgehead atoms. The van der Waals surface area contributed by atoms with Crippen LogP contribution in [0.5, 0.6) is 6.01 Å². The van der Waals surface area contributed by atoms with Gasteiger partial charge in [0.25, 0.3) is 0 Å². The molecule has 0 aliphatic heterocycles. The van der Waals surface area contributed by atoms with Gasteiger partial charge in [-0.05, 0) is 76.2 Å². The number of nitrogens with zero attached hydrogens (tertiary/aromatic N) is 5. The lowest BCUT2D eigenvalue weighted by atomic mass is 10.0. The van der Waals surface area contributed by atoms with Gasteiger partial charge in [-0.1, -0.05) is 24.3 Å². The molecule has 0 amide bonds. The standard InChI is InChI=1S/C24H32N6OS/c1-17(7-10-24(2)11-12-24)31-22-25-13-8-19(28-22)20-16-27-23(32-20)29-21-6-5-18(15-26-21)9-14-30(3)4/h5-6,8,13,15-17H,7,9-12,14H2,1-4H3,(H,26,27,29). The molecule has 1 fully saturated rings. The van der Waals surface area contributed by atoms with Gasteiger partial charge in [-0.3, -0.25) is 0 Å². The number of aromatic nitrogens is 4. The lowest BCUT2D eigenvalue weighted by molar-refractivity contribution is 0.182. The molecule has 0 aromatic carbocycles. The van der Waals surface area contributed by atoms with Gasteiger partial charge in [0.2, 0.25) is 0 Å². The van der Waals surface area contributed by atoms with Gasteiger partial charge in [-0.2, -0.15) is 4.98 Å². The summed E-state index contributed by atoms with van der Waals surface area (Å²) in [5, 5.41) is 4.06. The topological polar surface area (TPSA) is 76.1 Å². The molecule has 32 heavy (non-hydrogen) atoms. The number of thiazole rings is 1. The van der Waals surface area contributed by atoms with E-state index in [1.54, 1.807) is 6.20 Å². The monoisotopic (exact) mass is 452 g/mol. The maximum absolute atomic E-state index is 5.98. The predicted octanol–water partition coefficient (Wildman–Crippen LogP) is 5.19. The summed E-state index contributed by atoms with van der Waals surface area (Å²) >= 11 is 1.53. The first kappa shape index (κ1) is 22.6. The Morgan fingerprint density at radius 1 is 1.16 bits per heavy atom. The minimum atomic E-state index is 0.105. The fraction of sp³-hybridized carbons (Fsp3) is 0.500. The quantitative estimate of drug-likeness (QED) is 0.429. The number of ether oxygens (including phenoxy) is 1. The number of pyridine rings is 1. The predicted molar refractivity (Wildman–Crippen MR) is 130 cm³/mol.